The van der Waals surface area contributed by atoms with Crippen LogP contribution in [0.2, 0.25) is 0 Å². The van der Waals surface area contributed by atoms with Crippen molar-refractivity contribution in [3.05, 3.63) is 30.0 Å². The number of benzene rings is 1. The summed E-state index contributed by atoms with van der Waals surface area (Å²) in [6.07, 6.45) is -7.64. The summed E-state index contributed by atoms with van der Waals surface area (Å²) in [7, 11) is 0. The molecule has 0 atom stereocenters. The third kappa shape index (κ3) is 3.01. The Balaban J connectivity index is 2.49. The Morgan fingerprint density at radius 2 is 1.84 bits per heavy atom. The summed E-state index contributed by atoms with van der Waals surface area (Å²) in [6, 6.07) is 4.04. The topological polar surface area (TPSA) is 48.1 Å². The van der Waals surface area contributed by atoms with Crippen molar-refractivity contribution in [2.75, 3.05) is 5.73 Å². The lowest BCUT2D eigenvalue weighted by molar-refractivity contribution is -0.274. The van der Waals surface area contributed by atoms with E-state index in [0.29, 0.717) is 0 Å². The second-order valence-corrected chi connectivity index (χ2v) is 3.66. The number of anilines is 1. The third-order valence-electron chi connectivity index (χ3n) is 2.29. The number of rotatable bonds is 2. The number of fused-ring (bicyclic) bond motifs is 1. The fourth-order valence-electron chi connectivity index (χ4n) is 1.56. The minimum absolute atomic E-state index is 0.0739. The van der Waals surface area contributed by atoms with Crippen LogP contribution in [0.5, 0.6) is 5.75 Å². The Hall–Kier alpha value is -2.12. The Kier molecular flexibility index (Phi) is 3.17. The van der Waals surface area contributed by atoms with E-state index < -0.39 is 24.2 Å². The highest BCUT2D eigenvalue weighted by Gasteiger charge is 2.31. The van der Waals surface area contributed by atoms with Crippen molar-refractivity contribution in [3.8, 4) is 5.75 Å². The molecule has 8 heteroatoms. The van der Waals surface area contributed by atoms with Crippen molar-refractivity contribution in [2.24, 2.45) is 0 Å². The zero-order valence-electron chi connectivity index (χ0n) is 9.21. The van der Waals surface area contributed by atoms with Gasteiger partial charge in [0.25, 0.3) is 6.43 Å². The number of halogens is 5. The van der Waals surface area contributed by atoms with Crippen LogP contribution in [0.15, 0.2) is 24.3 Å². The van der Waals surface area contributed by atoms with Crippen molar-refractivity contribution < 1.29 is 26.7 Å². The largest absolute Gasteiger partial charge is 0.573 e. The monoisotopic (exact) mass is 278 g/mol. The van der Waals surface area contributed by atoms with Gasteiger partial charge in [-0.2, -0.15) is 0 Å². The summed E-state index contributed by atoms with van der Waals surface area (Å²) in [5, 5.41) is 0.117. The van der Waals surface area contributed by atoms with E-state index in [1.807, 2.05) is 0 Å². The van der Waals surface area contributed by atoms with Crippen LogP contribution in [-0.4, -0.2) is 11.3 Å². The predicted octanol–water partition coefficient (Wildman–Crippen LogP) is 3.65. The van der Waals surface area contributed by atoms with Gasteiger partial charge in [0.1, 0.15) is 11.4 Å². The van der Waals surface area contributed by atoms with Crippen molar-refractivity contribution in [1.29, 1.82) is 0 Å². The number of ether oxygens (including phenoxy) is 1. The molecule has 2 N–H and O–H groups in total. The number of nitrogens with zero attached hydrogens (tertiary/aromatic N) is 1. The van der Waals surface area contributed by atoms with Crippen molar-refractivity contribution in [2.45, 2.75) is 12.8 Å². The Labute approximate surface area is 103 Å². The van der Waals surface area contributed by atoms with Crippen LogP contribution in [0.25, 0.3) is 10.9 Å². The van der Waals surface area contributed by atoms with Gasteiger partial charge in [0.15, 0.2) is 0 Å². The highest BCUT2D eigenvalue weighted by molar-refractivity contribution is 5.91. The minimum Gasteiger partial charge on any atom is -0.406 e. The first kappa shape index (κ1) is 13.3. The molecule has 0 aliphatic rings. The molecule has 1 aromatic heterocycles. The summed E-state index contributed by atoms with van der Waals surface area (Å²) in [6.45, 7) is 0. The van der Waals surface area contributed by atoms with Gasteiger partial charge >= 0.3 is 6.36 Å². The Morgan fingerprint density at radius 1 is 1.16 bits per heavy atom. The quantitative estimate of drug-likeness (QED) is 0.853. The molecule has 0 aliphatic carbocycles. The molecule has 0 bridgehead atoms. The first-order valence-corrected chi connectivity index (χ1v) is 5.00. The van der Waals surface area contributed by atoms with Crippen LogP contribution >= 0.6 is 0 Å². The zero-order valence-corrected chi connectivity index (χ0v) is 9.21. The Bertz CT molecular complexity index is 612. The Morgan fingerprint density at radius 3 is 2.42 bits per heavy atom. The van der Waals surface area contributed by atoms with E-state index in [0.717, 1.165) is 24.3 Å². The molecule has 0 aliphatic heterocycles. The van der Waals surface area contributed by atoms with E-state index in [2.05, 4.69) is 9.72 Å². The molecule has 1 heterocycles. The van der Waals surface area contributed by atoms with E-state index in [-0.39, 0.29) is 16.6 Å². The van der Waals surface area contributed by atoms with Gasteiger partial charge < -0.3 is 10.5 Å². The van der Waals surface area contributed by atoms with E-state index in [9.17, 15) is 22.0 Å². The summed E-state index contributed by atoms with van der Waals surface area (Å²) in [5.74, 6) is -0.488. The van der Waals surface area contributed by atoms with Gasteiger partial charge in [-0.05, 0) is 24.3 Å². The maximum atomic E-state index is 12.5. The summed E-state index contributed by atoms with van der Waals surface area (Å²) in [5.41, 5.74) is 4.97. The molecule has 2 rings (SSSR count). The molecule has 0 saturated carbocycles. The SMILES string of the molecule is Nc1cc(C(F)F)nc2ccc(OC(F)(F)F)cc12. The fraction of sp³-hybridized carbons (Fsp3) is 0.182. The molecule has 0 fully saturated rings. The maximum absolute atomic E-state index is 12.5. The number of hydrogen-bond donors (Lipinski definition) is 1. The van der Waals surface area contributed by atoms with Crippen LogP contribution in [0.3, 0.4) is 0 Å². The van der Waals surface area contributed by atoms with Gasteiger partial charge in [-0.1, -0.05) is 0 Å². The van der Waals surface area contributed by atoms with Gasteiger partial charge in [0, 0.05) is 11.1 Å². The third-order valence-corrected chi connectivity index (χ3v) is 2.29. The molecule has 0 saturated heterocycles. The minimum atomic E-state index is -4.83. The number of pyridine rings is 1. The highest BCUT2D eigenvalue weighted by Crippen LogP contribution is 2.30. The fourth-order valence-corrected chi connectivity index (χ4v) is 1.56. The van der Waals surface area contributed by atoms with Gasteiger partial charge in [-0.3, -0.25) is 0 Å². The van der Waals surface area contributed by atoms with Crippen LogP contribution < -0.4 is 10.5 Å². The van der Waals surface area contributed by atoms with Crippen LogP contribution in [-0.2, 0) is 0 Å². The van der Waals surface area contributed by atoms with Crippen molar-refractivity contribution in [3.63, 3.8) is 0 Å². The molecule has 3 nitrogen and oxygen atoms in total. The first-order valence-electron chi connectivity index (χ1n) is 5.00. The van der Waals surface area contributed by atoms with Crippen LogP contribution in [0.4, 0.5) is 27.6 Å². The molecule has 1 aromatic carbocycles. The molecule has 102 valence electrons. The lowest BCUT2D eigenvalue weighted by atomic mass is 10.1. The van der Waals surface area contributed by atoms with Gasteiger partial charge in [0.2, 0.25) is 0 Å². The molecule has 2 aromatic rings. The average molecular weight is 278 g/mol. The number of hydrogen-bond acceptors (Lipinski definition) is 3. The number of nitrogens with two attached hydrogens (primary N) is 1. The lowest BCUT2D eigenvalue weighted by Crippen LogP contribution is -2.17. The maximum Gasteiger partial charge on any atom is 0.573 e. The predicted molar refractivity (Wildman–Crippen MR) is 57.8 cm³/mol. The molecule has 19 heavy (non-hydrogen) atoms. The summed E-state index contributed by atoms with van der Waals surface area (Å²) in [4.78, 5) is 3.61. The highest BCUT2D eigenvalue weighted by atomic mass is 19.4. The molecule has 0 unspecified atom stereocenters. The first-order chi connectivity index (χ1) is 8.76. The number of nitrogen functional groups attached to an aromatic ring is 1. The van der Waals surface area contributed by atoms with Gasteiger partial charge in [0.05, 0.1) is 5.52 Å². The molecular weight excluding hydrogens is 271 g/mol. The smallest absolute Gasteiger partial charge is 0.406 e. The number of aromatic nitrogens is 1. The van der Waals surface area contributed by atoms with Gasteiger partial charge in [-0.25, -0.2) is 13.8 Å². The van der Waals surface area contributed by atoms with E-state index in [1.54, 1.807) is 0 Å². The molecular formula is C11H7F5N2O. The lowest BCUT2D eigenvalue weighted by Gasteiger charge is -2.11. The van der Waals surface area contributed by atoms with E-state index in [4.69, 9.17) is 5.73 Å². The van der Waals surface area contributed by atoms with Gasteiger partial charge in [-0.15, -0.1) is 13.2 Å². The normalized spacial score (nSPS) is 12.1. The number of alkyl halides is 5. The average Bonchev–Trinajstić information content (AvgIpc) is 2.27. The van der Waals surface area contributed by atoms with E-state index in [1.165, 1.54) is 0 Å². The van der Waals surface area contributed by atoms with Crippen molar-refractivity contribution in [1.82, 2.24) is 4.98 Å². The van der Waals surface area contributed by atoms with Crippen molar-refractivity contribution >= 4 is 16.6 Å². The zero-order chi connectivity index (χ0) is 14.2. The molecule has 0 radical (unpaired) electrons. The summed E-state index contributed by atoms with van der Waals surface area (Å²) < 4.78 is 64.8. The second kappa shape index (κ2) is 4.52. The second-order valence-electron chi connectivity index (χ2n) is 3.66. The molecule has 0 amide bonds. The standard InChI is InChI=1S/C11H7F5N2O/c12-10(13)9-4-7(17)6-3-5(19-11(14,15)16)1-2-8(6)18-9/h1-4,10H,(H2,17,18). The van der Waals surface area contributed by atoms with E-state index >= 15 is 0 Å². The molecule has 0 spiro atoms. The van der Waals surface area contributed by atoms with Crippen LogP contribution in [0, 0.1) is 0 Å². The van der Waals surface area contributed by atoms with Crippen LogP contribution in [0.1, 0.15) is 12.1 Å². The summed E-state index contributed by atoms with van der Waals surface area (Å²) >= 11 is 0.